The first-order chi connectivity index (χ1) is 9.01. The maximum atomic E-state index is 11.3. The van der Waals surface area contributed by atoms with Crippen molar-refractivity contribution in [3.8, 4) is 5.75 Å². The minimum Gasteiger partial charge on any atom is -0.482 e. The molecule has 0 saturated heterocycles. The van der Waals surface area contributed by atoms with Crippen molar-refractivity contribution < 1.29 is 9.53 Å². The fourth-order valence-corrected chi connectivity index (χ4v) is 2.16. The molecule has 1 atom stereocenters. The quantitative estimate of drug-likeness (QED) is 0.816. The number of nitrogens with one attached hydrogen (secondary N) is 1. The zero-order valence-corrected chi connectivity index (χ0v) is 11.7. The van der Waals surface area contributed by atoms with Crippen molar-refractivity contribution in [1.82, 2.24) is 0 Å². The number of hydrogen-bond acceptors (Lipinski definition) is 4. The van der Waals surface area contributed by atoms with Gasteiger partial charge in [0.2, 0.25) is 0 Å². The van der Waals surface area contributed by atoms with E-state index in [9.17, 15) is 4.79 Å². The standard InChI is InChI=1S/C14H21N3O2/c1-4-9(2)7-17(3)12-6-11-13(5-10(12)15)19-8-14(18)16-11/h5-6,9H,4,7-8,15H2,1-3H3,(H,16,18). The third-order valence-corrected chi connectivity index (χ3v) is 3.46. The van der Waals surface area contributed by atoms with E-state index in [0.29, 0.717) is 23.0 Å². The molecule has 0 aromatic heterocycles. The Balaban J connectivity index is 2.26. The normalized spacial score (nSPS) is 15.2. The molecule has 1 aliphatic rings. The topological polar surface area (TPSA) is 67.6 Å². The summed E-state index contributed by atoms with van der Waals surface area (Å²) in [4.78, 5) is 13.5. The molecular formula is C14H21N3O2. The molecule has 3 N–H and O–H groups in total. The molecule has 1 heterocycles. The Morgan fingerprint density at radius 3 is 2.95 bits per heavy atom. The lowest BCUT2D eigenvalue weighted by atomic mass is 10.1. The van der Waals surface area contributed by atoms with E-state index in [0.717, 1.165) is 18.7 Å². The van der Waals surface area contributed by atoms with Crippen LogP contribution >= 0.6 is 0 Å². The molecule has 19 heavy (non-hydrogen) atoms. The monoisotopic (exact) mass is 263 g/mol. The first-order valence-corrected chi connectivity index (χ1v) is 6.58. The van der Waals surface area contributed by atoms with Crippen molar-refractivity contribution in [1.29, 1.82) is 0 Å². The van der Waals surface area contributed by atoms with Crippen LogP contribution in [0.1, 0.15) is 20.3 Å². The molecule has 0 spiro atoms. The largest absolute Gasteiger partial charge is 0.482 e. The highest BCUT2D eigenvalue weighted by Crippen LogP contribution is 2.36. The minimum absolute atomic E-state index is 0.0501. The van der Waals surface area contributed by atoms with Crippen LogP contribution in [0.25, 0.3) is 0 Å². The molecule has 0 radical (unpaired) electrons. The summed E-state index contributed by atoms with van der Waals surface area (Å²) < 4.78 is 5.34. The highest BCUT2D eigenvalue weighted by atomic mass is 16.5. The number of nitrogen functional groups attached to an aromatic ring is 1. The smallest absolute Gasteiger partial charge is 0.262 e. The van der Waals surface area contributed by atoms with Gasteiger partial charge in [0.25, 0.3) is 5.91 Å². The summed E-state index contributed by atoms with van der Waals surface area (Å²) in [5, 5.41) is 2.80. The number of hydrogen-bond donors (Lipinski definition) is 2. The molecule has 2 rings (SSSR count). The van der Waals surface area contributed by atoms with Crippen LogP contribution in [0.4, 0.5) is 17.1 Å². The third kappa shape index (κ3) is 2.92. The van der Waals surface area contributed by atoms with E-state index < -0.39 is 0 Å². The molecule has 1 aliphatic heterocycles. The molecule has 1 amide bonds. The summed E-state index contributed by atoms with van der Waals surface area (Å²) in [5.41, 5.74) is 8.34. The van der Waals surface area contributed by atoms with Crippen LogP contribution in [0.3, 0.4) is 0 Å². The van der Waals surface area contributed by atoms with Gasteiger partial charge in [-0.05, 0) is 12.0 Å². The third-order valence-electron chi connectivity index (χ3n) is 3.46. The van der Waals surface area contributed by atoms with Crippen molar-refractivity contribution in [3.63, 3.8) is 0 Å². The van der Waals surface area contributed by atoms with Crippen molar-refractivity contribution in [3.05, 3.63) is 12.1 Å². The van der Waals surface area contributed by atoms with Crippen LogP contribution in [-0.4, -0.2) is 26.1 Å². The van der Waals surface area contributed by atoms with Gasteiger partial charge in [0.1, 0.15) is 5.75 Å². The average Bonchev–Trinajstić information content (AvgIpc) is 2.38. The average molecular weight is 263 g/mol. The van der Waals surface area contributed by atoms with Crippen LogP contribution < -0.4 is 20.7 Å². The number of carbonyl (C=O) groups is 1. The van der Waals surface area contributed by atoms with Crippen molar-refractivity contribution in [2.45, 2.75) is 20.3 Å². The number of carbonyl (C=O) groups excluding carboxylic acids is 1. The Hall–Kier alpha value is -1.91. The van der Waals surface area contributed by atoms with E-state index in [4.69, 9.17) is 10.5 Å². The van der Waals surface area contributed by atoms with Crippen molar-refractivity contribution in [2.75, 3.05) is 36.1 Å². The van der Waals surface area contributed by atoms with Gasteiger partial charge in [-0.2, -0.15) is 0 Å². The number of amides is 1. The lowest BCUT2D eigenvalue weighted by Crippen LogP contribution is -2.27. The van der Waals surface area contributed by atoms with E-state index >= 15 is 0 Å². The minimum atomic E-state index is -0.132. The SMILES string of the molecule is CCC(C)CN(C)c1cc2c(cc1N)OCC(=O)N2. The van der Waals surface area contributed by atoms with Gasteiger partial charge >= 0.3 is 0 Å². The zero-order valence-electron chi connectivity index (χ0n) is 11.7. The Morgan fingerprint density at radius 2 is 2.26 bits per heavy atom. The van der Waals surface area contributed by atoms with E-state index in [2.05, 4.69) is 24.1 Å². The second-order valence-corrected chi connectivity index (χ2v) is 5.14. The van der Waals surface area contributed by atoms with Crippen LogP contribution in [0.2, 0.25) is 0 Å². The van der Waals surface area contributed by atoms with Gasteiger partial charge in [0.15, 0.2) is 6.61 Å². The van der Waals surface area contributed by atoms with Crippen LogP contribution in [0.5, 0.6) is 5.75 Å². The maximum absolute atomic E-state index is 11.3. The first-order valence-electron chi connectivity index (χ1n) is 6.58. The molecule has 0 saturated carbocycles. The molecule has 0 bridgehead atoms. The summed E-state index contributed by atoms with van der Waals surface area (Å²) in [6.45, 7) is 5.35. The number of benzene rings is 1. The van der Waals surface area contributed by atoms with Gasteiger partial charge in [0, 0.05) is 19.7 Å². The van der Waals surface area contributed by atoms with E-state index in [-0.39, 0.29) is 12.5 Å². The molecule has 0 fully saturated rings. The molecule has 5 nitrogen and oxygen atoms in total. The highest BCUT2D eigenvalue weighted by Gasteiger charge is 2.19. The highest BCUT2D eigenvalue weighted by molar-refractivity contribution is 5.97. The fourth-order valence-electron chi connectivity index (χ4n) is 2.16. The van der Waals surface area contributed by atoms with Crippen LogP contribution in [0, 0.1) is 5.92 Å². The van der Waals surface area contributed by atoms with Crippen molar-refractivity contribution in [2.24, 2.45) is 5.92 Å². The number of nitrogens with two attached hydrogens (primary N) is 1. The Morgan fingerprint density at radius 1 is 1.53 bits per heavy atom. The lowest BCUT2D eigenvalue weighted by Gasteiger charge is -2.27. The number of fused-ring (bicyclic) bond motifs is 1. The van der Waals surface area contributed by atoms with Gasteiger partial charge in [0.05, 0.1) is 17.1 Å². The summed E-state index contributed by atoms with van der Waals surface area (Å²) in [6, 6.07) is 3.65. The molecule has 104 valence electrons. The molecule has 1 aromatic carbocycles. The van der Waals surface area contributed by atoms with Crippen molar-refractivity contribution >= 4 is 23.0 Å². The number of anilines is 3. The zero-order chi connectivity index (χ0) is 14.0. The van der Waals surface area contributed by atoms with Gasteiger partial charge in [-0.15, -0.1) is 0 Å². The summed E-state index contributed by atoms with van der Waals surface area (Å²) >= 11 is 0. The summed E-state index contributed by atoms with van der Waals surface area (Å²) in [5.74, 6) is 1.09. The second-order valence-electron chi connectivity index (χ2n) is 5.14. The van der Waals surface area contributed by atoms with E-state index in [1.54, 1.807) is 6.07 Å². The maximum Gasteiger partial charge on any atom is 0.262 e. The molecular weight excluding hydrogens is 242 g/mol. The second kappa shape index (κ2) is 5.38. The predicted molar refractivity (Wildman–Crippen MR) is 77.7 cm³/mol. The Kier molecular flexibility index (Phi) is 3.83. The number of nitrogens with zero attached hydrogens (tertiary/aromatic N) is 1. The van der Waals surface area contributed by atoms with E-state index in [1.165, 1.54) is 0 Å². The molecule has 5 heteroatoms. The van der Waals surface area contributed by atoms with Crippen LogP contribution in [-0.2, 0) is 4.79 Å². The molecule has 0 aliphatic carbocycles. The van der Waals surface area contributed by atoms with Gasteiger partial charge in [-0.3, -0.25) is 4.79 Å². The summed E-state index contributed by atoms with van der Waals surface area (Å²) in [7, 11) is 2.01. The number of ether oxygens (including phenoxy) is 1. The lowest BCUT2D eigenvalue weighted by molar-refractivity contribution is -0.118. The van der Waals surface area contributed by atoms with Gasteiger partial charge in [-0.1, -0.05) is 20.3 Å². The molecule has 1 unspecified atom stereocenters. The van der Waals surface area contributed by atoms with Crippen LogP contribution in [0.15, 0.2) is 12.1 Å². The first kappa shape index (κ1) is 13.5. The van der Waals surface area contributed by atoms with E-state index in [1.807, 2.05) is 13.1 Å². The predicted octanol–water partition coefficient (Wildman–Crippen LogP) is 2.08. The van der Waals surface area contributed by atoms with Gasteiger partial charge < -0.3 is 20.7 Å². The Labute approximate surface area is 113 Å². The number of rotatable bonds is 4. The molecule has 1 aromatic rings. The summed E-state index contributed by atoms with van der Waals surface area (Å²) in [6.07, 6.45) is 1.12. The fraction of sp³-hybridized carbons (Fsp3) is 0.500. The Bertz CT molecular complexity index is 488. The van der Waals surface area contributed by atoms with Gasteiger partial charge in [-0.25, -0.2) is 0 Å².